The zero-order chi connectivity index (χ0) is 9.84. The van der Waals surface area contributed by atoms with Crippen molar-refractivity contribution in [3.63, 3.8) is 0 Å². The van der Waals surface area contributed by atoms with Crippen LogP contribution in [-0.4, -0.2) is 22.1 Å². The number of anilines is 1. The molecule has 0 unspecified atom stereocenters. The highest BCUT2D eigenvalue weighted by molar-refractivity contribution is 5.94. The van der Waals surface area contributed by atoms with Gasteiger partial charge in [0.2, 0.25) is 5.91 Å². The number of nitrogens with zero attached hydrogens (tertiary/aromatic N) is 1. The fourth-order valence-corrected chi connectivity index (χ4v) is 0.874. The number of carbonyl (C=O) groups excluding carboxylic acids is 1. The van der Waals surface area contributed by atoms with E-state index in [1.54, 1.807) is 6.20 Å². The minimum atomic E-state index is -0.456. The molecule has 5 heteroatoms. The largest absolute Gasteiger partial charge is 0.320 e. The maximum Gasteiger partial charge on any atom is 0.242 e. The Hall–Kier alpha value is -1.36. The maximum absolute atomic E-state index is 11.3. The molecule has 0 aliphatic carbocycles. The van der Waals surface area contributed by atoms with Gasteiger partial charge in [-0.2, -0.15) is 5.10 Å². The second-order valence-corrected chi connectivity index (χ2v) is 2.93. The first-order valence-corrected chi connectivity index (χ1v) is 4.21. The molecule has 4 N–H and O–H groups in total. The Morgan fingerprint density at radius 2 is 2.54 bits per heavy atom. The third-order valence-corrected chi connectivity index (χ3v) is 1.85. The standard InChI is InChI=1S/C8H14N4O/c1-3-6(9)8(13)11-7-5(2)4-10-12-7/h4,6H,3,9H2,1-2H3,(H2,10,11,12,13)/t6-/m1/s1. The van der Waals surface area contributed by atoms with Crippen LogP contribution in [0.1, 0.15) is 18.9 Å². The summed E-state index contributed by atoms with van der Waals surface area (Å²) in [6.45, 7) is 3.72. The van der Waals surface area contributed by atoms with Crippen LogP contribution in [0.2, 0.25) is 0 Å². The van der Waals surface area contributed by atoms with Crippen molar-refractivity contribution in [2.24, 2.45) is 5.73 Å². The Kier molecular flexibility index (Phi) is 3.02. The van der Waals surface area contributed by atoms with Crippen molar-refractivity contribution < 1.29 is 4.79 Å². The number of nitrogens with two attached hydrogens (primary N) is 1. The lowest BCUT2D eigenvalue weighted by molar-refractivity contribution is -0.117. The quantitative estimate of drug-likeness (QED) is 0.632. The van der Waals surface area contributed by atoms with Crippen LogP contribution in [0.15, 0.2) is 6.20 Å². The molecule has 0 aromatic carbocycles. The highest BCUT2D eigenvalue weighted by Crippen LogP contribution is 2.08. The van der Waals surface area contributed by atoms with Gasteiger partial charge in [-0.05, 0) is 13.3 Å². The lowest BCUT2D eigenvalue weighted by Crippen LogP contribution is -2.35. The van der Waals surface area contributed by atoms with Crippen molar-refractivity contribution >= 4 is 11.7 Å². The molecule has 0 spiro atoms. The van der Waals surface area contributed by atoms with E-state index in [9.17, 15) is 4.79 Å². The molecule has 13 heavy (non-hydrogen) atoms. The van der Waals surface area contributed by atoms with Crippen LogP contribution < -0.4 is 11.1 Å². The van der Waals surface area contributed by atoms with Crippen molar-refractivity contribution in [2.45, 2.75) is 26.3 Å². The Balaban J connectivity index is 2.60. The van der Waals surface area contributed by atoms with Crippen molar-refractivity contribution in [3.05, 3.63) is 11.8 Å². The molecular weight excluding hydrogens is 168 g/mol. The zero-order valence-electron chi connectivity index (χ0n) is 7.79. The number of carbonyl (C=O) groups is 1. The molecule has 0 radical (unpaired) electrons. The van der Waals surface area contributed by atoms with Crippen LogP contribution in [0.5, 0.6) is 0 Å². The van der Waals surface area contributed by atoms with Crippen LogP contribution >= 0.6 is 0 Å². The van der Waals surface area contributed by atoms with Gasteiger partial charge in [0.25, 0.3) is 0 Å². The lowest BCUT2D eigenvalue weighted by Gasteiger charge is -2.08. The van der Waals surface area contributed by atoms with Gasteiger partial charge in [0, 0.05) is 5.56 Å². The summed E-state index contributed by atoms with van der Waals surface area (Å²) in [7, 11) is 0. The number of nitrogens with one attached hydrogen (secondary N) is 2. The van der Waals surface area contributed by atoms with Gasteiger partial charge >= 0.3 is 0 Å². The van der Waals surface area contributed by atoms with E-state index < -0.39 is 6.04 Å². The number of hydrogen-bond donors (Lipinski definition) is 3. The summed E-state index contributed by atoms with van der Waals surface area (Å²) in [6, 6.07) is -0.456. The molecule has 1 aromatic heterocycles. The van der Waals surface area contributed by atoms with Crippen molar-refractivity contribution in [2.75, 3.05) is 5.32 Å². The monoisotopic (exact) mass is 182 g/mol. The molecule has 0 aliphatic rings. The van der Waals surface area contributed by atoms with E-state index in [0.29, 0.717) is 12.2 Å². The first kappa shape index (κ1) is 9.73. The van der Waals surface area contributed by atoms with E-state index in [4.69, 9.17) is 5.73 Å². The second-order valence-electron chi connectivity index (χ2n) is 2.93. The maximum atomic E-state index is 11.3. The van der Waals surface area contributed by atoms with Crippen LogP contribution in [0.25, 0.3) is 0 Å². The molecule has 0 saturated heterocycles. The molecule has 5 nitrogen and oxygen atoms in total. The van der Waals surface area contributed by atoms with Crippen LogP contribution in [0.3, 0.4) is 0 Å². The van der Waals surface area contributed by atoms with Gasteiger partial charge in [-0.1, -0.05) is 6.92 Å². The van der Waals surface area contributed by atoms with Crippen LogP contribution in [0, 0.1) is 6.92 Å². The molecule has 1 amide bonds. The zero-order valence-corrected chi connectivity index (χ0v) is 7.79. The minimum absolute atomic E-state index is 0.185. The normalized spacial score (nSPS) is 12.5. The Morgan fingerprint density at radius 1 is 1.85 bits per heavy atom. The fraction of sp³-hybridized carbons (Fsp3) is 0.500. The summed E-state index contributed by atoms with van der Waals surface area (Å²) in [6.07, 6.45) is 2.27. The van der Waals surface area contributed by atoms with Crippen molar-refractivity contribution in [1.82, 2.24) is 10.2 Å². The first-order chi connectivity index (χ1) is 6.15. The minimum Gasteiger partial charge on any atom is -0.320 e. The van der Waals surface area contributed by atoms with Gasteiger partial charge in [-0.15, -0.1) is 0 Å². The molecule has 0 bridgehead atoms. The molecule has 1 atom stereocenters. The third-order valence-electron chi connectivity index (χ3n) is 1.85. The molecule has 0 saturated carbocycles. The van der Waals surface area contributed by atoms with E-state index in [-0.39, 0.29) is 5.91 Å². The van der Waals surface area contributed by atoms with Crippen molar-refractivity contribution in [1.29, 1.82) is 0 Å². The molecular formula is C8H14N4O. The third kappa shape index (κ3) is 2.29. The van der Waals surface area contributed by atoms with Crippen molar-refractivity contribution in [3.8, 4) is 0 Å². The number of aromatic nitrogens is 2. The topological polar surface area (TPSA) is 83.8 Å². The number of H-pyrrole nitrogens is 1. The van der Waals surface area contributed by atoms with Crippen LogP contribution in [-0.2, 0) is 4.79 Å². The van der Waals surface area contributed by atoms with Crippen LogP contribution in [0.4, 0.5) is 5.82 Å². The lowest BCUT2D eigenvalue weighted by atomic mass is 10.2. The SMILES string of the molecule is CC[C@@H](N)C(=O)Nc1[nH]ncc1C. The number of hydrogen-bond acceptors (Lipinski definition) is 3. The van der Waals surface area contributed by atoms with E-state index in [2.05, 4.69) is 15.5 Å². The average Bonchev–Trinajstić information content (AvgIpc) is 2.50. The summed E-state index contributed by atoms with van der Waals surface area (Å²) in [5.41, 5.74) is 6.44. The van der Waals surface area contributed by atoms with E-state index in [1.165, 1.54) is 0 Å². The van der Waals surface area contributed by atoms with Gasteiger partial charge < -0.3 is 11.1 Å². The second kappa shape index (κ2) is 4.04. The van der Waals surface area contributed by atoms with E-state index in [0.717, 1.165) is 5.56 Å². The van der Waals surface area contributed by atoms with Gasteiger partial charge in [0.05, 0.1) is 12.2 Å². The summed E-state index contributed by atoms with van der Waals surface area (Å²) in [5, 5.41) is 9.12. The Labute approximate surface area is 76.7 Å². The smallest absolute Gasteiger partial charge is 0.242 e. The highest BCUT2D eigenvalue weighted by atomic mass is 16.2. The summed E-state index contributed by atoms with van der Waals surface area (Å²) >= 11 is 0. The number of amides is 1. The average molecular weight is 182 g/mol. The van der Waals surface area contributed by atoms with Gasteiger partial charge in [0.15, 0.2) is 0 Å². The number of aromatic amines is 1. The van der Waals surface area contributed by atoms with Gasteiger partial charge in [-0.25, -0.2) is 0 Å². The highest BCUT2D eigenvalue weighted by Gasteiger charge is 2.12. The van der Waals surface area contributed by atoms with E-state index >= 15 is 0 Å². The van der Waals surface area contributed by atoms with E-state index in [1.807, 2.05) is 13.8 Å². The molecule has 0 aliphatic heterocycles. The summed E-state index contributed by atoms with van der Waals surface area (Å²) in [5.74, 6) is 0.434. The number of rotatable bonds is 3. The summed E-state index contributed by atoms with van der Waals surface area (Å²) < 4.78 is 0. The summed E-state index contributed by atoms with van der Waals surface area (Å²) in [4.78, 5) is 11.3. The molecule has 1 aromatic rings. The number of aryl methyl sites for hydroxylation is 1. The molecule has 1 heterocycles. The Morgan fingerprint density at radius 3 is 3.00 bits per heavy atom. The first-order valence-electron chi connectivity index (χ1n) is 4.21. The molecule has 0 fully saturated rings. The molecule has 1 rings (SSSR count). The predicted octanol–water partition coefficient (Wildman–Crippen LogP) is 0.394. The Bertz CT molecular complexity index is 294. The fourth-order valence-electron chi connectivity index (χ4n) is 0.874. The molecule has 72 valence electrons. The van der Waals surface area contributed by atoms with Gasteiger partial charge in [0.1, 0.15) is 5.82 Å². The predicted molar refractivity (Wildman–Crippen MR) is 50.2 cm³/mol. The van der Waals surface area contributed by atoms with Gasteiger partial charge in [-0.3, -0.25) is 9.89 Å².